The molecule has 0 fully saturated rings. The molecule has 0 aromatic heterocycles. The van der Waals surface area contributed by atoms with E-state index in [0.717, 1.165) is 12.1 Å². The van der Waals surface area contributed by atoms with Gasteiger partial charge < -0.3 is 20.9 Å². The first kappa shape index (κ1) is 14.9. The van der Waals surface area contributed by atoms with E-state index in [2.05, 4.69) is 5.32 Å². The van der Waals surface area contributed by atoms with Gasteiger partial charge in [-0.15, -0.1) is 0 Å². The van der Waals surface area contributed by atoms with Crippen molar-refractivity contribution < 1.29 is 24.3 Å². The number of nitrogens with one attached hydrogen (secondary N) is 1. The highest BCUT2D eigenvalue weighted by atomic mass is 19.1. The maximum absolute atomic E-state index is 13.1. The predicted molar refractivity (Wildman–Crippen MR) is 63.0 cm³/mol. The second kappa shape index (κ2) is 6.12. The summed E-state index contributed by atoms with van der Waals surface area (Å²) in [6, 6.07) is 2.01. The van der Waals surface area contributed by atoms with Crippen LogP contribution in [0.2, 0.25) is 0 Å². The first-order valence-corrected chi connectivity index (χ1v) is 5.25. The van der Waals surface area contributed by atoms with Crippen LogP contribution in [0.3, 0.4) is 0 Å². The van der Waals surface area contributed by atoms with Gasteiger partial charge in [0.15, 0.2) is 0 Å². The van der Waals surface area contributed by atoms with Crippen LogP contribution in [0.5, 0.6) is 0 Å². The van der Waals surface area contributed by atoms with E-state index in [-0.39, 0.29) is 12.0 Å². The lowest BCUT2D eigenvalue weighted by atomic mass is 10.1. The summed E-state index contributed by atoms with van der Waals surface area (Å²) >= 11 is 0. The highest BCUT2D eigenvalue weighted by Gasteiger charge is 2.19. The number of rotatable bonds is 5. The maximum atomic E-state index is 13.1. The zero-order valence-electron chi connectivity index (χ0n) is 9.96. The van der Waals surface area contributed by atoms with E-state index in [1.54, 1.807) is 0 Å². The molecule has 1 unspecified atom stereocenters. The Morgan fingerprint density at radius 1 is 1.53 bits per heavy atom. The van der Waals surface area contributed by atoms with Crippen LogP contribution in [0.25, 0.3) is 0 Å². The van der Waals surface area contributed by atoms with Crippen LogP contribution in [-0.2, 0) is 16.0 Å². The number of carboxylic acids is 1. The summed E-state index contributed by atoms with van der Waals surface area (Å²) in [6.45, 7) is 1.17. The van der Waals surface area contributed by atoms with E-state index in [0.29, 0.717) is 0 Å². The standard InChI is InChI=1S/C11H12FN2O5/c1-6(15)13-9(11(16)17)4-7-2-3-8(12)10(5-7)14(18)19/h2-3,5,9,18H,4H2,1H3,(H,13,15)(H,16,17)/q-1. The fraction of sp³-hybridized carbons (Fsp3) is 0.273. The summed E-state index contributed by atoms with van der Waals surface area (Å²) in [5.41, 5.74) is -0.336. The van der Waals surface area contributed by atoms with E-state index < -0.39 is 34.6 Å². The summed E-state index contributed by atoms with van der Waals surface area (Å²) < 4.78 is 13.1. The third-order valence-electron chi connectivity index (χ3n) is 2.33. The SMILES string of the molecule is CC(=O)NC(Cc1ccc(F)c(N([O-])O)c1)C(=O)O. The fourth-order valence-electron chi connectivity index (χ4n) is 1.51. The number of hydrogen-bond acceptors (Lipinski definition) is 5. The number of halogens is 1. The van der Waals surface area contributed by atoms with Gasteiger partial charge in [-0.1, -0.05) is 6.07 Å². The van der Waals surface area contributed by atoms with Crippen molar-refractivity contribution >= 4 is 17.6 Å². The Morgan fingerprint density at radius 2 is 2.16 bits per heavy atom. The molecule has 1 amide bonds. The number of carbonyl (C=O) groups excluding carboxylic acids is 1. The Bertz CT molecular complexity index is 492. The van der Waals surface area contributed by atoms with Gasteiger partial charge in [0.25, 0.3) is 0 Å². The Hall–Kier alpha value is -2.19. The van der Waals surface area contributed by atoms with Crippen LogP contribution in [0.4, 0.5) is 10.1 Å². The molecule has 3 N–H and O–H groups in total. The summed E-state index contributed by atoms with van der Waals surface area (Å²) in [6.07, 6.45) is -0.143. The summed E-state index contributed by atoms with van der Waals surface area (Å²) in [7, 11) is 0. The number of hydrogen-bond donors (Lipinski definition) is 3. The second-order valence-corrected chi connectivity index (χ2v) is 3.85. The van der Waals surface area contributed by atoms with E-state index in [4.69, 9.17) is 10.3 Å². The molecule has 0 aliphatic rings. The van der Waals surface area contributed by atoms with Crippen molar-refractivity contribution in [2.75, 3.05) is 5.23 Å². The number of aliphatic carboxylic acids is 1. The van der Waals surface area contributed by atoms with Gasteiger partial charge in [-0.05, 0) is 17.7 Å². The Balaban J connectivity index is 2.94. The van der Waals surface area contributed by atoms with Crippen molar-refractivity contribution in [3.05, 3.63) is 34.8 Å². The van der Waals surface area contributed by atoms with Crippen LogP contribution >= 0.6 is 0 Å². The molecule has 7 nitrogen and oxygen atoms in total. The molecule has 1 atom stereocenters. The lowest BCUT2D eigenvalue weighted by molar-refractivity contribution is -0.141. The molecule has 0 bridgehead atoms. The molecule has 0 aliphatic heterocycles. The average Bonchev–Trinajstić information content (AvgIpc) is 2.29. The summed E-state index contributed by atoms with van der Waals surface area (Å²) in [5, 5.41) is 29.8. The molecule has 104 valence electrons. The third kappa shape index (κ3) is 4.19. The van der Waals surface area contributed by atoms with Crippen LogP contribution in [0, 0.1) is 11.0 Å². The number of amides is 1. The molecule has 0 saturated heterocycles. The number of benzene rings is 1. The highest BCUT2D eigenvalue weighted by Crippen LogP contribution is 2.20. The smallest absolute Gasteiger partial charge is 0.326 e. The van der Waals surface area contributed by atoms with Gasteiger partial charge in [0.05, 0.1) is 5.69 Å². The van der Waals surface area contributed by atoms with E-state index in [9.17, 15) is 19.2 Å². The van der Waals surface area contributed by atoms with Crippen molar-refractivity contribution in [3.8, 4) is 0 Å². The number of nitrogens with zero attached hydrogens (tertiary/aromatic N) is 1. The van der Waals surface area contributed by atoms with Crippen molar-refractivity contribution in [1.82, 2.24) is 5.32 Å². The zero-order valence-corrected chi connectivity index (χ0v) is 9.96. The lowest BCUT2D eigenvalue weighted by Gasteiger charge is -2.23. The molecule has 1 aromatic rings. The van der Waals surface area contributed by atoms with E-state index in [1.807, 2.05) is 0 Å². The van der Waals surface area contributed by atoms with Crippen molar-refractivity contribution in [3.63, 3.8) is 0 Å². The van der Waals surface area contributed by atoms with E-state index in [1.165, 1.54) is 13.0 Å². The quantitative estimate of drug-likeness (QED) is 0.678. The first-order valence-electron chi connectivity index (χ1n) is 5.25. The van der Waals surface area contributed by atoms with Gasteiger partial charge in [-0.25, -0.2) is 9.18 Å². The van der Waals surface area contributed by atoms with Crippen LogP contribution in [0.1, 0.15) is 12.5 Å². The van der Waals surface area contributed by atoms with Gasteiger partial charge in [0, 0.05) is 13.3 Å². The van der Waals surface area contributed by atoms with Crippen molar-refractivity contribution in [1.29, 1.82) is 0 Å². The molecule has 19 heavy (non-hydrogen) atoms. The van der Waals surface area contributed by atoms with Gasteiger partial charge >= 0.3 is 5.97 Å². The Morgan fingerprint density at radius 3 is 2.63 bits per heavy atom. The number of anilines is 1. The minimum absolute atomic E-state index is 0.143. The minimum Gasteiger partial charge on any atom is -0.733 e. The Kier molecular flexibility index (Phi) is 4.79. The molecule has 1 rings (SSSR count). The van der Waals surface area contributed by atoms with Crippen molar-refractivity contribution in [2.24, 2.45) is 0 Å². The topological polar surface area (TPSA) is 113 Å². The van der Waals surface area contributed by atoms with Crippen molar-refractivity contribution in [2.45, 2.75) is 19.4 Å². The second-order valence-electron chi connectivity index (χ2n) is 3.85. The minimum atomic E-state index is -1.26. The molecule has 0 heterocycles. The average molecular weight is 271 g/mol. The van der Waals surface area contributed by atoms with Crippen LogP contribution in [0.15, 0.2) is 18.2 Å². The predicted octanol–water partition coefficient (Wildman–Crippen LogP) is 0.651. The van der Waals surface area contributed by atoms with Gasteiger partial charge in [-0.2, -0.15) is 0 Å². The van der Waals surface area contributed by atoms with Gasteiger partial charge in [0.2, 0.25) is 5.91 Å². The van der Waals surface area contributed by atoms with E-state index >= 15 is 0 Å². The third-order valence-corrected chi connectivity index (χ3v) is 2.33. The molecule has 0 aliphatic carbocycles. The normalized spacial score (nSPS) is 11.8. The molecule has 1 aromatic carbocycles. The van der Waals surface area contributed by atoms with Gasteiger partial charge in [-0.3, -0.25) is 10.0 Å². The summed E-state index contributed by atoms with van der Waals surface area (Å²) in [4.78, 5) is 21.8. The molecular formula is C11H12FN2O5-. The molecular weight excluding hydrogens is 259 g/mol. The Labute approximate surface area is 107 Å². The first-order chi connectivity index (χ1) is 8.81. The lowest BCUT2D eigenvalue weighted by Crippen LogP contribution is -2.41. The number of carboxylic acid groups (broad SMARTS) is 1. The molecule has 8 heteroatoms. The summed E-state index contributed by atoms with van der Waals surface area (Å²) in [5.74, 6) is -2.72. The highest BCUT2D eigenvalue weighted by molar-refractivity contribution is 5.82. The molecule has 0 saturated carbocycles. The molecule has 0 radical (unpaired) electrons. The van der Waals surface area contributed by atoms with Gasteiger partial charge in [0.1, 0.15) is 11.9 Å². The van der Waals surface area contributed by atoms with Crippen LogP contribution < -0.4 is 10.5 Å². The zero-order chi connectivity index (χ0) is 14.6. The van der Waals surface area contributed by atoms with Crippen LogP contribution in [-0.4, -0.2) is 28.2 Å². The largest absolute Gasteiger partial charge is 0.733 e. The monoisotopic (exact) mass is 271 g/mol. The maximum Gasteiger partial charge on any atom is 0.326 e. The molecule has 0 spiro atoms. The number of carbonyl (C=O) groups is 2. The fourth-order valence-corrected chi connectivity index (χ4v) is 1.51.